The lowest BCUT2D eigenvalue weighted by Gasteiger charge is -2.30. The van der Waals surface area contributed by atoms with Gasteiger partial charge in [-0.3, -0.25) is 4.79 Å². The summed E-state index contributed by atoms with van der Waals surface area (Å²) in [4.78, 5) is 14.3. The molecule has 0 radical (unpaired) electrons. The number of carbonyl (C=O) groups is 1. The van der Waals surface area contributed by atoms with Crippen molar-refractivity contribution in [2.24, 2.45) is 0 Å². The first-order valence-electron chi connectivity index (χ1n) is 8.56. The van der Waals surface area contributed by atoms with E-state index in [0.29, 0.717) is 18.9 Å². The molecule has 2 aromatic rings. The molecule has 3 rings (SSSR count). The van der Waals surface area contributed by atoms with Crippen molar-refractivity contribution in [2.45, 2.75) is 6.18 Å². The predicted molar refractivity (Wildman–Crippen MR) is 98.0 cm³/mol. The molecule has 0 bridgehead atoms. The molecule has 0 aromatic heterocycles. The van der Waals surface area contributed by atoms with Crippen LogP contribution in [0.1, 0.15) is 5.56 Å². The van der Waals surface area contributed by atoms with Gasteiger partial charge in [-0.2, -0.15) is 13.2 Å². The van der Waals surface area contributed by atoms with Crippen LogP contribution in [-0.4, -0.2) is 38.8 Å². The Morgan fingerprint density at radius 1 is 1.04 bits per heavy atom. The second kappa shape index (κ2) is 8.30. The van der Waals surface area contributed by atoms with Crippen LogP contribution in [0.3, 0.4) is 0 Å². The van der Waals surface area contributed by atoms with Gasteiger partial charge < -0.3 is 20.3 Å². The third-order valence-corrected chi connectivity index (χ3v) is 4.19. The van der Waals surface area contributed by atoms with E-state index in [4.69, 9.17) is 4.74 Å². The zero-order chi connectivity index (χ0) is 19.3. The van der Waals surface area contributed by atoms with E-state index in [1.165, 1.54) is 12.1 Å². The van der Waals surface area contributed by atoms with Crippen molar-refractivity contribution in [3.05, 3.63) is 54.1 Å². The van der Waals surface area contributed by atoms with Crippen LogP contribution in [0.15, 0.2) is 48.5 Å². The van der Waals surface area contributed by atoms with Gasteiger partial charge in [0.25, 0.3) is 0 Å². The van der Waals surface area contributed by atoms with Gasteiger partial charge in [0.2, 0.25) is 5.91 Å². The molecular weight excluding hydrogens is 359 g/mol. The number of nitrogens with zero attached hydrogens (tertiary/aromatic N) is 1. The van der Waals surface area contributed by atoms with E-state index in [1.54, 1.807) is 0 Å². The fraction of sp³-hybridized carbons (Fsp3) is 0.316. The lowest BCUT2D eigenvalue weighted by atomic mass is 10.2. The maximum Gasteiger partial charge on any atom is 0.416 e. The normalized spacial score (nSPS) is 14.7. The number of nitrogens with one attached hydrogen (secondary N) is 2. The number of rotatable bonds is 5. The Morgan fingerprint density at radius 3 is 2.37 bits per heavy atom. The molecule has 1 aliphatic rings. The Labute approximate surface area is 155 Å². The highest BCUT2D eigenvalue weighted by atomic mass is 19.4. The van der Waals surface area contributed by atoms with Gasteiger partial charge in [0, 0.05) is 18.8 Å². The number of carbonyl (C=O) groups excluding carboxylic acids is 1. The maximum absolute atomic E-state index is 12.6. The SMILES string of the molecule is O=C(CNc1ccccc1N1CCOCC1)Nc1ccc(C(F)(F)F)cc1. The van der Waals surface area contributed by atoms with Gasteiger partial charge in [-0.25, -0.2) is 0 Å². The second-order valence-corrected chi connectivity index (χ2v) is 6.09. The Kier molecular flexibility index (Phi) is 5.85. The summed E-state index contributed by atoms with van der Waals surface area (Å²) < 4.78 is 43.1. The number of hydrogen-bond donors (Lipinski definition) is 2. The van der Waals surface area contributed by atoms with E-state index in [9.17, 15) is 18.0 Å². The molecule has 0 unspecified atom stereocenters. The lowest BCUT2D eigenvalue weighted by Crippen LogP contribution is -2.36. The number of morpholine rings is 1. The van der Waals surface area contributed by atoms with Crippen molar-refractivity contribution in [2.75, 3.05) is 48.4 Å². The van der Waals surface area contributed by atoms with Gasteiger partial charge in [-0.05, 0) is 36.4 Å². The van der Waals surface area contributed by atoms with Crippen LogP contribution in [0.2, 0.25) is 0 Å². The first-order chi connectivity index (χ1) is 12.9. The van der Waals surface area contributed by atoms with E-state index in [2.05, 4.69) is 15.5 Å². The molecule has 144 valence electrons. The van der Waals surface area contributed by atoms with Gasteiger partial charge in [0.15, 0.2) is 0 Å². The van der Waals surface area contributed by atoms with Crippen molar-refractivity contribution >= 4 is 23.0 Å². The van der Waals surface area contributed by atoms with Crippen LogP contribution in [0.5, 0.6) is 0 Å². The third kappa shape index (κ3) is 5.13. The molecule has 1 aliphatic heterocycles. The van der Waals surface area contributed by atoms with Crippen molar-refractivity contribution in [3.8, 4) is 0 Å². The van der Waals surface area contributed by atoms with Gasteiger partial charge in [-0.15, -0.1) is 0 Å². The molecule has 2 N–H and O–H groups in total. The van der Waals surface area contributed by atoms with Gasteiger partial charge in [0.1, 0.15) is 0 Å². The molecule has 0 saturated carbocycles. The van der Waals surface area contributed by atoms with Crippen molar-refractivity contribution in [1.29, 1.82) is 0 Å². The number of ether oxygens (including phenoxy) is 1. The van der Waals surface area contributed by atoms with Crippen LogP contribution >= 0.6 is 0 Å². The van der Waals surface area contributed by atoms with Crippen LogP contribution in [0, 0.1) is 0 Å². The Hall–Kier alpha value is -2.74. The molecule has 27 heavy (non-hydrogen) atoms. The Balaban J connectivity index is 1.58. The van der Waals surface area contributed by atoms with Crippen LogP contribution < -0.4 is 15.5 Å². The first kappa shape index (κ1) is 19.0. The standard InChI is InChI=1S/C19H20F3N3O2/c20-19(21,22)14-5-7-15(8-6-14)24-18(26)13-23-16-3-1-2-4-17(16)25-9-11-27-12-10-25/h1-8,23H,9-13H2,(H,24,26). The second-order valence-electron chi connectivity index (χ2n) is 6.09. The van der Waals surface area contributed by atoms with Crippen molar-refractivity contribution < 1.29 is 22.7 Å². The zero-order valence-electron chi connectivity index (χ0n) is 14.6. The number of amides is 1. The van der Waals surface area contributed by atoms with Crippen LogP contribution in [0.25, 0.3) is 0 Å². The summed E-state index contributed by atoms with van der Waals surface area (Å²) in [5.74, 6) is -0.341. The minimum atomic E-state index is -4.40. The Morgan fingerprint density at radius 2 is 1.70 bits per heavy atom. The fourth-order valence-electron chi connectivity index (χ4n) is 2.83. The quantitative estimate of drug-likeness (QED) is 0.834. The van der Waals surface area contributed by atoms with E-state index >= 15 is 0 Å². The van der Waals surface area contributed by atoms with Gasteiger partial charge >= 0.3 is 6.18 Å². The summed E-state index contributed by atoms with van der Waals surface area (Å²) in [5, 5.41) is 5.68. The van der Waals surface area contributed by atoms with Crippen LogP contribution in [-0.2, 0) is 15.7 Å². The third-order valence-electron chi connectivity index (χ3n) is 4.19. The maximum atomic E-state index is 12.6. The molecule has 2 aromatic carbocycles. The summed E-state index contributed by atoms with van der Waals surface area (Å²) in [7, 11) is 0. The molecule has 1 heterocycles. The number of benzene rings is 2. The van der Waals surface area contributed by atoms with Gasteiger partial charge in [0.05, 0.1) is 36.7 Å². The highest BCUT2D eigenvalue weighted by Gasteiger charge is 2.30. The monoisotopic (exact) mass is 379 g/mol. The smallest absolute Gasteiger partial charge is 0.378 e. The molecular formula is C19H20F3N3O2. The lowest BCUT2D eigenvalue weighted by molar-refractivity contribution is -0.137. The van der Waals surface area contributed by atoms with Gasteiger partial charge in [-0.1, -0.05) is 12.1 Å². The fourth-order valence-corrected chi connectivity index (χ4v) is 2.83. The summed E-state index contributed by atoms with van der Waals surface area (Å²) in [6.07, 6.45) is -4.40. The average Bonchev–Trinajstić information content (AvgIpc) is 2.67. The summed E-state index contributed by atoms with van der Waals surface area (Å²) >= 11 is 0. The molecule has 5 nitrogen and oxygen atoms in total. The van der Waals surface area contributed by atoms with E-state index in [0.717, 1.165) is 36.6 Å². The zero-order valence-corrected chi connectivity index (χ0v) is 14.6. The predicted octanol–water partition coefficient (Wildman–Crippen LogP) is 3.59. The highest BCUT2D eigenvalue weighted by Crippen LogP contribution is 2.30. The number of alkyl halides is 3. The van der Waals surface area contributed by atoms with Crippen molar-refractivity contribution in [3.63, 3.8) is 0 Å². The highest BCUT2D eigenvalue weighted by molar-refractivity contribution is 5.94. The molecule has 0 spiro atoms. The van der Waals surface area contributed by atoms with E-state index in [1.807, 2.05) is 24.3 Å². The molecule has 0 atom stereocenters. The molecule has 0 aliphatic carbocycles. The number of hydrogen-bond acceptors (Lipinski definition) is 4. The van der Waals surface area contributed by atoms with Crippen molar-refractivity contribution in [1.82, 2.24) is 0 Å². The topological polar surface area (TPSA) is 53.6 Å². The van der Waals surface area contributed by atoms with E-state index in [-0.39, 0.29) is 12.5 Å². The van der Waals surface area contributed by atoms with E-state index < -0.39 is 11.7 Å². The first-order valence-corrected chi connectivity index (χ1v) is 8.56. The average molecular weight is 379 g/mol. The summed E-state index contributed by atoms with van der Waals surface area (Å²) in [6, 6.07) is 12.0. The van der Waals surface area contributed by atoms with Crippen LogP contribution in [0.4, 0.5) is 30.2 Å². The largest absolute Gasteiger partial charge is 0.416 e. The number of para-hydroxylation sites is 2. The molecule has 1 amide bonds. The summed E-state index contributed by atoms with van der Waals surface area (Å²) in [6.45, 7) is 2.86. The Bertz CT molecular complexity index is 773. The minimum absolute atomic E-state index is 0.00236. The molecule has 8 heteroatoms. The number of anilines is 3. The molecule has 1 fully saturated rings. The number of halogens is 3. The summed E-state index contributed by atoms with van der Waals surface area (Å²) in [5.41, 5.74) is 1.37. The minimum Gasteiger partial charge on any atom is -0.378 e. The molecule has 1 saturated heterocycles.